The summed E-state index contributed by atoms with van der Waals surface area (Å²) in [5, 5.41) is 10.4. The number of carboxylic acid groups (broad SMARTS) is 1. The van der Waals surface area contributed by atoms with Crippen molar-refractivity contribution in [2.75, 3.05) is 0 Å². The Hall–Kier alpha value is -2.95. The number of nitrogens with zero attached hydrogens (tertiary/aromatic N) is 2. The van der Waals surface area contributed by atoms with Gasteiger partial charge in [-0.15, -0.1) is 0 Å². The minimum atomic E-state index is -1.02. The number of benzene rings is 1. The van der Waals surface area contributed by atoms with Crippen molar-refractivity contribution in [3.63, 3.8) is 0 Å². The number of hydrogen-bond donors (Lipinski definition) is 1. The molecule has 5 heteroatoms. The summed E-state index contributed by atoms with van der Waals surface area (Å²) in [5.74, 6) is -1.02. The Kier molecular flexibility index (Phi) is 3.23. The van der Waals surface area contributed by atoms with Crippen LogP contribution in [0.15, 0.2) is 59.7 Å². The van der Waals surface area contributed by atoms with Gasteiger partial charge in [0.2, 0.25) is 0 Å². The topological polar surface area (TPSA) is 72.2 Å². The van der Waals surface area contributed by atoms with Gasteiger partial charge in [0.05, 0.1) is 17.8 Å². The third-order valence-electron chi connectivity index (χ3n) is 3.29. The van der Waals surface area contributed by atoms with Crippen LogP contribution in [0.25, 0.3) is 10.8 Å². The quantitative estimate of drug-likeness (QED) is 0.797. The Morgan fingerprint density at radius 3 is 2.67 bits per heavy atom. The van der Waals surface area contributed by atoms with Gasteiger partial charge in [-0.25, -0.2) is 4.79 Å². The minimum absolute atomic E-state index is 0.0859. The third kappa shape index (κ3) is 2.53. The van der Waals surface area contributed by atoms with Gasteiger partial charge in [-0.1, -0.05) is 18.2 Å². The standard InChI is InChI=1S/C16H12N2O3/c19-15-14-4-2-1-3-11(14)7-8-18(15)10-13-6-5-12(9-17-13)16(20)21/h1-9H,10H2,(H,20,21). The predicted octanol–water partition coefficient (Wildman–Crippen LogP) is 2.14. The molecule has 1 aromatic carbocycles. The molecule has 5 nitrogen and oxygen atoms in total. The van der Waals surface area contributed by atoms with Crippen LogP contribution in [0, 0.1) is 0 Å². The molecule has 1 N–H and O–H groups in total. The molecule has 2 aromatic heterocycles. The molecule has 0 aliphatic heterocycles. The number of pyridine rings is 2. The zero-order valence-electron chi connectivity index (χ0n) is 11.1. The van der Waals surface area contributed by atoms with Crippen molar-refractivity contribution in [3.8, 4) is 0 Å². The Bertz CT molecular complexity index is 867. The zero-order chi connectivity index (χ0) is 14.8. The van der Waals surface area contributed by atoms with Gasteiger partial charge in [-0.05, 0) is 29.7 Å². The average molecular weight is 280 g/mol. The van der Waals surface area contributed by atoms with E-state index < -0.39 is 5.97 Å². The van der Waals surface area contributed by atoms with E-state index in [0.717, 1.165) is 5.39 Å². The maximum atomic E-state index is 12.3. The summed E-state index contributed by atoms with van der Waals surface area (Å²) in [6.07, 6.45) is 3.02. The van der Waals surface area contributed by atoms with E-state index in [9.17, 15) is 9.59 Å². The van der Waals surface area contributed by atoms with Gasteiger partial charge in [-0.3, -0.25) is 9.78 Å². The first kappa shape index (κ1) is 13.1. The molecule has 0 bridgehead atoms. The number of hydrogen-bond acceptors (Lipinski definition) is 3. The lowest BCUT2D eigenvalue weighted by Gasteiger charge is -2.07. The lowest BCUT2D eigenvalue weighted by molar-refractivity contribution is 0.0696. The van der Waals surface area contributed by atoms with Crippen molar-refractivity contribution < 1.29 is 9.90 Å². The van der Waals surface area contributed by atoms with Gasteiger partial charge in [0.1, 0.15) is 0 Å². The molecule has 21 heavy (non-hydrogen) atoms. The first-order valence-corrected chi connectivity index (χ1v) is 6.41. The molecule has 0 aliphatic carbocycles. The van der Waals surface area contributed by atoms with Gasteiger partial charge in [0, 0.05) is 17.8 Å². The highest BCUT2D eigenvalue weighted by Gasteiger charge is 2.06. The number of aromatic carboxylic acids is 1. The molecule has 0 saturated carbocycles. The van der Waals surface area contributed by atoms with Crippen LogP contribution >= 0.6 is 0 Å². The van der Waals surface area contributed by atoms with Gasteiger partial charge >= 0.3 is 5.97 Å². The number of carbonyl (C=O) groups is 1. The summed E-state index contributed by atoms with van der Waals surface area (Å²) in [6, 6.07) is 12.4. The van der Waals surface area contributed by atoms with E-state index in [0.29, 0.717) is 17.6 Å². The molecule has 0 amide bonds. The van der Waals surface area contributed by atoms with E-state index in [4.69, 9.17) is 5.11 Å². The normalized spacial score (nSPS) is 10.7. The molecule has 0 aliphatic rings. The average Bonchev–Trinajstić information content (AvgIpc) is 2.51. The third-order valence-corrected chi connectivity index (χ3v) is 3.29. The van der Waals surface area contributed by atoms with Crippen LogP contribution in [0.2, 0.25) is 0 Å². The van der Waals surface area contributed by atoms with Gasteiger partial charge in [0.25, 0.3) is 5.56 Å². The van der Waals surface area contributed by atoms with Crippen LogP contribution in [0.5, 0.6) is 0 Å². The fourth-order valence-electron chi connectivity index (χ4n) is 2.17. The second-order valence-corrected chi connectivity index (χ2v) is 4.68. The molecule has 0 spiro atoms. The first-order valence-electron chi connectivity index (χ1n) is 6.41. The molecule has 0 atom stereocenters. The monoisotopic (exact) mass is 280 g/mol. The summed E-state index contributed by atoms with van der Waals surface area (Å²) in [4.78, 5) is 27.2. The van der Waals surface area contributed by atoms with Crippen LogP contribution in [-0.4, -0.2) is 20.6 Å². The molecule has 3 rings (SSSR count). The summed E-state index contributed by atoms with van der Waals surface area (Å²) >= 11 is 0. The summed E-state index contributed by atoms with van der Waals surface area (Å²) in [6.45, 7) is 0.309. The first-order chi connectivity index (χ1) is 10.1. The molecule has 0 unspecified atom stereocenters. The lowest BCUT2D eigenvalue weighted by Crippen LogP contribution is -2.20. The highest BCUT2D eigenvalue weighted by atomic mass is 16.4. The number of carboxylic acids is 1. The molecule has 0 radical (unpaired) electrons. The fraction of sp³-hybridized carbons (Fsp3) is 0.0625. The van der Waals surface area contributed by atoms with E-state index in [2.05, 4.69) is 4.98 Å². The zero-order valence-corrected chi connectivity index (χ0v) is 11.1. The lowest BCUT2D eigenvalue weighted by atomic mass is 10.2. The predicted molar refractivity (Wildman–Crippen MR) is 78.5 cm³/mol. The molecular formula is C16H12N2O3. The fourth-order valence-corrected chi connectivity index (χ4v) is 2.17. The van der Waals surface area contributed by atoms with Crippen LogP contribution < -0.4 is 5.56 Å². The van der Waals surface area contributed by atoms with E-state index in [1.807, 2.05) is 24.3 Å². The van der Waals surface area contributed by atoms with E-state index in [1.165, 1.54) is 12.3 Å². The summed E-state index contributed by atoms with van der Waals surface area (Å²) in [7, 11) is 0. The molecule has 0 fully saturated rings. The number of aromatic nitrogens is 2. The van der Waals surface area contributed by atoms with Crippen molar-refractivity contribution >= 4 is 16.7 Å². The number of fused-ring (bicyclic) bond motifs is 1. The highest BCUT2D eigenvalue weighted by Crippen LogP contribution is 2.09. The maximum absolute atomic E-state index is 12.3. The SMILES string of the molecule is O=C(O)c1ccc(Cn2ccc3ccccc3c2=O)nc1. The Labute approximate surface area is 120 Å². The smallest absolute Gasteiger partial charge is 0.337 e. The van der Waals surface area contributed by atoms with Crippen molar-refractivity contribution in [3.05, 3.63) is 76.5 Å². The van der Waals surface area contributed by atoms with E-state index >= 15 is 0 Å². The second kappa shape index (κ2) is 5.20. The maximum Gasteiger partial charge on any atom is 0.337 e. The van der Waals surface area contributed by atoms with Crippen LogP contribution in [0.1, 0.15) is 16.1 Å². The van der Waals surface area contributed by atoms with Crippen LogP contribution in [0.4, 0.5) is 0 Å². The van der Waals surface area contributed by atoms with E-state index in [-0.39, 0.29) is 11.1 Å². The van der Waals surface area contributed by atoms with Crippen LogP contribution in [-0.2, 0) is 6.54 Å². The number of rotatable bonds is 3. The van der Waals surface area contributed by atoms with Crippen LogP contribution in [0.3, 0.4) is 0 Å². The van der Waals surface area contributed by atoms with Gasteiger partial charge < -0.3 is 9.67 Å². The summed E-state index contributed by atoms with van der Waals surface area (Å²) < 4.78 is 1.56. The summed E-state index contributed by atoms with van der Waals surface area (Å²) in [5.41, 5.74) is 0.680. The van der Waals surface area contributed by atoms with Crippen molar-refractivity contribution in [1.29, 1.82) is 0 Å². The minimum Gasteiger partial charge on any atom is -0.478 e. The Morgan fingerprint density at radius 2 is 1.95 bits per heavy atom. The van der Waals surface area contributed by atoms with Crippen molar-refractivity contribution in [2.45, 2.75) is 6.54 Å². The second-order valence-electron chi connectivity index (χ2n) is 4.68. The van der Waals surface area contributed by atoms with Gasteiger partial charge in [0.15, 0.2) is 0 Å². The molecule has 2 heterocycles. The Morgan fingerprint density at radius 1 is 1.14 bits per heavy atom. The molecule has 0 saturated heterocycles. The molecule has 104 valence electrons. The molecule has 3 aromatic rings. The Balaban J connectivity index is 1.96. The highest BCUT2D eigenvalue weighted by molar-refractivity contribution is 5.87. The van der Waals surface area contributed by atoms with Crippen molar-refractivity contribution in [1.82, 2.24) is 9.55 Å². The van der Waals surface area contributed by atoms with Crippen molar-refractivity contribution in [2.24, 2.45) is 0 Å². The largest absolute Gasteiger partial charge is 0.478 e. The van der Waals surface area contributed by atoms with Gasteiger partial charge in [-0.2, -0.15) is 0 Å². The molecular weight excluding hydrogens is 268 g/mol. The van der Waals surface area contributed by atoms with E-state index in [1.54, 1.807) is 22.9 Å².